The molecule has 0 aliphatic rings. The highest BCUT2D eigenvalue weighted by Crippen LogP contribution is 2.13. The summed E-state index contributed by atoms with van der Waals surface area (Å²) in [4.78, 5) is 12.1. The Morgan fingerprint density at radius 2 is 0.951 bits per heavy atom. The molecule has 0 spiro atoms. The third-order valence-electron chi connectivity index (χ3n) is 8.09. The van der Waals surface area contributed by atoms with Crippen molar-refractivity contribution >= 4 is 5.97 Å². The van der Waals surface area contributed by atoms with E-state index in [1.807, 2.05) is 0 Å². The molecule has 0 aromatic rings. The van der Waals surface area contributed by atoms with Gasteiger partial charge in [-0.3, -0.25) is 4.79 Å². The van der Waals surface area contributed by atoms with E-state index in [4.69, 9.17) is 9.47 Å². The van der Waals surface area contributed by atoms with Crippen LogP contribution in [0.1, 0.15) is 194 Å². The van der Waals surface area contributed by atoms with Crippen molar-refractivity contribution in [3.05, 3.63) is 12.2 Å². The Labute approximate surface area is 256 Å². The Morgan fingerprint density at radius 3 is 1.39 bits per heavy atom. The van der Waals surface area contributed by atoms with E-state index < -0.39 is 6.10 Å². The number of rotatable bonds is 34. The Kier molecular flexibility index (Phi) is 34.6. The van der Waals surface area contributed by atoms with Gasteiger partial charge in [-0.15, -0.1) is 0 Å². The molecular weight excluding hydrogens is 508 g/mol. The van der Waals surface area contributed by atoms with Crippen molar-refractivity contribution in [3.8, 4) is 0 Å². The highest BCUT2D eigenvalue weighted by Gasteiger charge is 2.13. The highest BCUT2D eigenvalue weighted by atomic mass is 16.6. The zero-order valence-corrected chi connectivity index (χ0v) is 27.8. The molecule has 0 rings (SSSR count). The van der Waals surface area contributed by atoms with Gasteiger partial charge in [0.15, 0.2) is 0 Å². The first-order valence-corrected chi connectivity index (χ1v) is 18.3. The fraction of sp³-hybridized carbons (Fsp3) is 0.919. The molecule has 0 heterocycles. The highest BCUT2D eigenvalue weighted by molar-refractivity contribution is 5.69. The summed E-state index contributed by atoms with van der Waals surface area (Å²) < 4.78 is 11.1. The minimum Gasteiger partial charge on any atom is -0.457 e. The molecule has 0 saturated carbocycles. The van der Waals surface area contributed by atoms with E-state index in [-0.39, 0.29) is 12.6 Å². The number of aliphatic hydroxyl groups excluding tert-OH is 1. The lowest BCUT2D eigenvalue weighted by molar-refractivity contribution is -0.154. The van der Waals surface area contributed by atoms with Gasteiger partial charge < -0.3 is 14.6 Å². The molecular formula is C37H72O4. The maximum atomic E-state index is 12.1. The molecule has 0 aromatic carbocycles. The number of ether oxygens (including phenoxy) is 2. The molecule has 244 valence electrons. The molecule has 0 saturated heterocycles. The molecule has 41 heavy (non-hydrogen) atoms. The van der Waals surface area contributed by atoms with E-state index in [9.17, 15) is 9.90 Å². The molecule has 4 heteroatoms. The van der Waals surface area contributed by atoms with Gasteiger partial charge in [0.25, 0.3) is 0 Å². The molecule has 0 radical (unpaired) electrons. The van der Waals surface area contributed by atoms with Gasteiger partial charge in [0, 0.05) is 13.0 Å². The lowest BCUT2D eigenvalue weighted by atomic mass is 10.1. The normalized spacial score (nSPS) is 12.4. The molecule has 0 bridgehead atoms. The fourth-order valence-electron chi connectivity index (χ4n) is 5.32. The summed E-state index contributed by atoms with van der Waals surface area (Å²) in [7, 11) is 0. The van der Waals surface area contributed by atoms with Crippen LogP contribution in [0.15, 0.2) is 12.2 Å². The second-order valence-corrected chi connectivity index (χ2v) is 12.3. The summed E-state index contributed by atoms with van der Waals surface area (Å²) in [5.74, 6) is -0.203. The van der Waals surface area contributed by atoms with Crippen LogP contribution in [0.5, 0.6) is 0 Å². The van der Waals surface area contributed by atoms with Gasteiger partial charge >= 0.3 is 5.97 Å². The lowest BCUT2D eigenvalue weighted by Crippen LogP contribution is -2.27. The Hall–Kier alpha value is -0.870. The van der Waals surface area contributed by atoms with Gasteiger partial charge in [-0.1, -0.05) is 161 Å². The molecule has 1 atom stereocenters. The SMILES string of the molecule is CCCCCCCC/C=C\CCCCCCCCCCCCOCC(CO)OC(=O)CCCCCCCCCCC. The third-order valence-corrected chi connectivity index (χ3v) is 8.09. The molecule has 0 aromatic heterocycles. The number of unbranched alkanes of at least 4 members (excludes halogenated alkanes) is 24. The van der Waals surface area contributed by atoms with Gasteiger partial charge in [0.05, 0.1) is 13.2 Å². The maximum Gasteiger partial charge on any atom is 0.306 e. The van der Waals surface area contributed by atoms with Gasteiger partial charge in [-0.25, -0.2) is 0 Å². The summed E-state index contributed by atoms with van der Waals surface area (Å²) in [6, 6.07) is 0. The summed E-state index contributed by atoms with van der Waals surface area (Å²) in [5.41, 5.74) is 0. The van der Waals surface area contributed by atoms with Crippen LogP contribution >= 0.6 is 0 Å². The van der Waals surface area contributed by atoms with Crippen molar-refractivity contribution in [2.75, 3.05) is 19.8 Å². The summed E-state index contributed by atoms with van der Waals surface area (Å²) >= 11 is 0. The molecule has 0 aliphatic heterocycles. The first-order chi connectivity index (χ1) is 20.2. The number of hydrogen-bond acceptors (Lipinski definition) is 4. The Morgan fingerprint density at radius 1 is 0.561 bits per heavy atom. The van der Waals surface area contributed by atoms with E-state index in [1.165, 1.54) is 154 Å². The van der Waals surface area contributed by atoms with Crippen molar-refractivity contribution in [1.82, 2.24) is 0 Å². The number of allylic oxidation sites excluding steroid dienone is 2. The minimum atomic E-state index is -0.526. The van der Waals surface area contributed by atoms with E-state index in [2.05, 4.69) is 26.0 Å². The molecule has 0 amide bonds. The second-order valence-electron chi connectivity index (χ2n) is 12.3. The number of carbonyl (C=O) groups excluding carboxylic acids is 1. The van der Waals surface area contributed by atoms with Crippen LogP contribution in [0.4, 0.5) is 0 Å². The van der Waals surface area contributed by atoms with Crippen LogP contribution in [-0.2, 0) is 14.3 Å². The Bertz CT molecular complexity index is 533. The zero-order valence-electron chi connectivity index (χ0n) is 27.8. The van der Waals surface area contributed by atoms with Crippen LogP contribution in [0.3, 0.4) is 0 Å². The molecule has 1 N–H and O–H groups in total. The average Bonchev–Trinajstić information content (AvgIpc) is 2.98. The van der Waals surface area contributed by atoms with Crippen molar-refractivity contribution in [2.24, 2.45) is 0 Å². The van der Waals surface area contributed by atoms with Crippen molar-refractivity contribution < 1.29 is 19.4 Å². The van der Waals surface area contributed by atoms with E-state index >= 15 is 0 Å². The number of esters is 1. The standard InChI is InChI=1S/C37H72O4/c1-3-5-7-9-11-13-14-15-16-17-18-19-20-21-22-23-25-27-29-31-33-40-35-36(34-38)41-37(39)32-30-28-26-24-12-10-8-6-4-2/h15-16,36,38H,3-14,17-35H2,1-2H3/b16-15-. The smallest absolute Gasteiger partial charge is 0.306 e. The van der Waals surface area contributed by atoms with Crippen LogP contribution in [-0.4, -0.2) is 37.0 Å². The number of carbonyl (C=O) groups is 1. The van der Waals surface area contributed by atoms with Crippen LogP contribution in [0, 0.1) is 0 Å². The minimum absolute atomic E-state index is 0.167. The summed E-state index contributed by atoms with van der Waals surface area (Å²) in [5, 5.41) is 9.52. The van der Waals surface area contributed by atoms with Crippen LogP contribution in [0.2, 0.25) is 0 Å². The number of aliphatic hydroxyl groups is 1. The predicted molar refractivity (Wildman–Crippen MR) is 178 cm³/mol. The van der Waals surface area contributed by atoms with Gasteiger partial charge in [-0.2, -0.15) is 0 Å². The second kappa shape index (κ2) is 35.3. The monoisotopic (exact) mass is 581 g/mol. The lowest BCUT2D eigenvalue weighted by Gasteiger charge is -2.16. The van der Waals surface area contributed by atoms with E-state index in [1.54, 1.807) is 0 Å². The van der Waals surface area contributed by atoms with E-state index in [0.29, 0.717) is 19.6 Å². The molecule has 4 nitrogen and oxygen atoms in total. The van der Waals surface area contributed by atoms with E-state index in [0.717, 1.165) is 19.3 Å². The largest absolute Gasteiger partial charge is 0.457 e. The van der Waals surface area contributed by atoms with Gasteiger partial charge in [-0.05, 0) is 38.5 Å². The third kappa shape index (κ3) is 33.5. The molecule has 1 unspecified atom stereocenters. The average molecular weight is 581 g/mol. The zero-order chi connectivity index (χ0) is 29.9. The topological polar surface area (TPSA) is 55.8 Å². The first-order valence-electron chi connectivity index (χ1n) is 18.3. The van der Waals surface area contributed by atoms with Gasteiger partial charge in [0.2, 0.25) is 0 Å². The maximum absolute atomic E-state index is 12.1. The first kappa shape index (κ1) is 40.1. The Balaban J connectivity index is 3.37. The van der Waals surface area contributed by atoms with Gasteiger partial charge in [0.1, 0.15) is 6.10 Å². The van der Waals surface area contributed by atoms with Crippen LogP contribution in [0.25, 0.3) is 0 Å². The molecule has 0 aliphatic carbocycles. The summed E-state index contributed by atoms with van der Waals surface area (Å²) in [6.07, 6.45) is 39.7. The summed E-state index contributed by atoms with van der Waals surface area (Å²) in [6.45, 7) is 5.34. The van der Waals surface area contributed by atoms with Crippen molar-refractivity contribution in [1.29, 1.82) is 0 Å². The van der Waals surface area contributed by atoms with Crippen LogP contribution < -0.4 is 0 Å². The number of hydrogen-bond donors (Lipinski definition) is 1. The predicted octanol–water partition coefficient (Wildman–Crippen LogP) is 11.4. The fourth-order valence-corrected chi connectivity index (χ4v) is 5.32. The van der Waals surface area contributed by atoms with Crippen molar-refractivity contribution in [3.63, 3.8) is 0 Å². The quantitative estimate of drug-likeness (QED) is 0.0467. The van der Waals surface area contributed by atoms with Crippen molar-refractivity contribution in [2.45, 2.75) is 200 Å². The molecule has 0 fully saturated rings.